The molecule has 0 aliphatic rings. The van der Waals surface area contributed by atoms with Crippen molar-refractivity contribution in [2.45, 2.75) is 6.92 Å². The van der Waals surface area contributed by atoms with E-state index < -0.39 is 0 Å². The second kappa shape index (κ2) is 5.83. The van der Waals surface area contributed by atoms with Crippen molar-refractivity contribution in [3.63, 3.8) is 0 Å². The Morgan fingerprint density at radius 2 is 1.95 bits per heavy atom. The third-order valence-corrected chi connectivity index (χ3v) is 2.94. The maximum absolute atomic E-state index is 5.94. The first-order chi connectivity index (χ1) is 9.55. The van der Waals surface area contributed by atoms with E-state index >= 15 is 0 Å². The predicted octanol–water partition coefficient (Wildman–Crippen LogP) is 2.78. The van der Waals surface area contributed by atoms with E-state index in [0.717, 1.165) is 0 Å². The molecular formula is C13H15ClN4O2. The average Bonchev–Trinajstić information content (AvgIpc) is 2.44. The summed E-state index contributed by atoms with van der Waals surface area (Å²) in [5.74, 6) is 1.74. The van der Waals surface area contributed by atoms with Gasteiger partial charge in [0.05, 0.1) is 31.3 Å². The molecule has 20 heavy (non-hydrogen) atoms. The number of rotatable bonds is 4. The van der Waals surface area contributed by atoms with Crippen LogP contribution in [0.2, 0.25) is 5.28 Å². The number of anilines is 3. The number of nitrogens with two attached hydrogens (primary N) is 1. The van der Waals surface area contributed by atoms with Gasteiger partial charge in [0.2, 0.25) is 5.28 Å². The molecule has 0 saturated carbocycles. The molecule has 0 aliphatic heterocycles. The number of hydrogen-bond acceptors (Lipinski definition) is 6. The molecule has 2 rings (SSSR count). The molecule has 7 heteroatoms. The third-order valence-electron chi connectivity index (χ3n) is 2.77. The van der Waals surface area contributed by atoms with E-state index in [4.69, 9.17) is 26.8 Å². The fourth-order valence-corrected chi connectivity index (χ4v) is 1.88. The summed E-state index contributed by atoms with van der Waals surface area (Å²) >= 11 is 5.84. The first-order valence-corrected chi connectivity index (χ1v) is 6.21. The number of methoxy groups -OCH3 is 2. The van der Waals surface area contributed by atoms with Crippen LogP contribution >= 0.6 is 11.6 Å². The lowest BCUT2D eigenvalue weighted by Gasteiger charge is -2.14. The average molecular weight is 295 g/mol. The number of nitrogen functional groups attached to an aromatic ring is 1. The van der Waals surface area contributed by atoms with Crippen molar-refractivity contribution in [3.8, 4) is 11.5 Å². The molecule has 1 heterocycles. The fraction of sp³-hybridized carbons (Fsp3) is 0.231. The highest BCUT2D eigenvalue weighted by Crippen LogP contribution is 2.33. The van der Waals surface area contributed by atoms with Crippen LogP contribution in [0.3, 0.4) is 0 Å². The second-order valence-electron chi connectivity index (χ2n) is 4.03. The molecule has 0 bridgehead atoms. The van der Waals surface area contributed by atoms with E-state index in [1.165, 1.54) is 0 Å². The molecule has 0 amide bonds. The van der Waals surface area contributed by atoms with E-state index in [2.05, 4.69) is 15.3 Å². The van der Waals surface area contributed by atoms with Crippen LogP contribution in [0.5, 0.6) is 11.5 Å². The lowest BCUT2D eigenvalue weighted by Crippen LogP contribution is -2.04. The Labute approximate surface area is 121 Å². The molecule has 6 nitrogen and oxygen atoms in total. The van der Waals surface area contributed by atoms with Gasteiger partial charge < -0.3 is 20.5 Å². The van der Waals surface area contributed by atoms with E-state index in [9.17, 15) is 0 Å². The molecule has 0 unspecified atom stereocenters. The van der Waals surface area contributed by atoms with Gasteiger partial charge in [-0.05, 0) is 30.7 Å². The van der Waals surface area contributed by atoms with Crippen molar-refractivity contribution >= 4 is 28.8 Å². The van der Waals surface area contributed by atoms with E-state index in [1.54, 1.807) is 33.3 Å². The molecule has 1 aromatic heterocycles. The number of aryl methyl sites for hydroxylation is 1. The van der Waals surface area contributed by atoms with Crippen LogP contribution in [-0.2, 0) is 0 Å². The van der Waals surface area contributed by atoms with Crippen LogP contribution < -0.4 is 20.5 Å². The minimum atomic E-state index is 0.131. The van der Waals surface area contributed by atoms with E-state index in [0.29, 0.717) is 34.4 Å². The third kappa shape index (κ3) is 2.85. The normalized spacial score (nSPS) is 10.2. The van der Waals surface area contributed by atoms with E-state index in [-0.39, 0.29) is 5.28 Å². The van der Waals surface area contributed by atoms with Gasteiger partial charge in [-0.15, -0.1) is 0 Å². The highest BCUT2D eigenvalue weighted by atomic mass is 35.5. The SMILES string of the molecule is COc1ccc(Nc2nc(Cl)nc(C)c2N)c(OC)c1. The lowest BCUT2D eigenvalue weighted by atomic mass is 10.2. The molecule has 0 atom stereocenters. The maximum Gasteiger partial charge on any atom is 0.224 e. The zero-order valence-electron chi connectivity index (χ0n) is 11.4. The van der Waals surface area contributed by atoms with Crippen molar-refractivity contribution in [2.24, 2.45) is 0 Å². The summed E-state index contributed by atoms with van der Waals surface area (Å²) in [6.45, 7) is 1.76. The Morgan fingerprint density at radius 3 is 2.60 bits per heavy atom. The number of hydrogen-bond donors (Lipinski definition) is 2. The Hall–Kier alpha value is -2.21. The lowest BCUT2D eigenvalue weighted by molar-refractivity contribution is 0.395. The topological polar surface area (TPSA) is 82.3 Å². The highest BCUT2D eigenvalue weighted by Gasteiger charge is 2.11. The van der Waals surface area contributed by atoms with Gasteiger partial charge in [0.25, 0.3) is 0 Å². The minimum Gasteiger partial charge on any atom is -0.497 e. The summed E-state index contributed by atoms with van der Waals surface area (Å²) in [4.78, 5) is 8.06. The Bertz CT molecular complexity index is 634. The van der Waals surface area contributed by atoms with Crippen LogP contribution in [-0.4, -0.2) is 24.2 Å². The van der Waals surface area contributed by atoms with Gasteiger partial charge in [0.1, 0.15) is 11.5 Å². The molecule has 0 saturated heterocycles. The Morgan fingerprint density at radius 1 is 1.20 bits per heavy atom. The monoisotopic (exact) mass is 294 g/mol. The summed E-state index contributed by atoms with van der Waals surface area (Å²) in [5.41, 5.74) is 7.69. The van der Waals surface area contributed by atoms with Crippen molar-refractivity contribution in [1.29, 1.82) is 0 Å². The van der Waals surface area contributed by atoms with Crippen LogP contribution in [0.4, 0.5) is 17.2 Å². The molecule has 3 N–H and O–H groups in total. The van der Waals surface area contributed by atoms with Crippen LogP contribution in [0.15, 0.2) is 18.2 Å². The molecule has 0 aliphatic carbocycles. The summed E-state index contributed by atoms with van der Waals surface area (Å²) in [6, 6.07) is 5.37. The fourth-order valence-electron chi connectivity index (χ4n) is 1.67. The summed E-state index contributed by atoms with van der Waals surface area (Å²) < 4.78 is 10.4. The van der Waals surface area contributed by atoms with Crippen molar-refractivity contribution in [2.75, 3.05) is 25.3 Å². The van der Waals surface area contributed by atoms with Crippen molar-refractivity contribution in [3.05, 3.63) is 29.2 Å². The Balaban J connectivity index is 2.39. The molecule has 0 radical (unpaired) electrons. The van der Waals surface area contributed by atoms with Gasteiger partial charge >= 0.3 is 0 Å². The number of halogens is 1. The van der Waals surface area contributed by atoms with Gasteiger partial charge in [-0.2, -0.15) is 4.98 Å². The summed E-state index contributed by atoms with van der Waals surface area (Å²) in [7, 11) is 3.16. The van der Waals surface area contributed by atoms with Gasteiger partial charge in [-0.25, -0.2) is 4.98 Å². The maximum atomic E-state index is 5.94. The van der Waals surface area contributed by atoms with Crippen LogP contribution in [0.1, 0.15) is 5.69 Å². The van der Waals surface area contributed by atoms with Gasteiger partial charge in [0, 0.05) is 6.07 Å². The number of aromatic nitrogens is 2. The largest absolute Gasteiger partial charge is 0.497 e. The van der Waals surface area contributed by atoms with Gasteiger partial charge in [-0.3, -0.25) is 0 Å². The first kappa shape index (κ1) is 14.2. The summed E-state index contributed by atoms with van der Waals surface area (Å²) in [5, 5.41) is 3.21. The van der Waals surface area contributed by atoms with Gasteiger partial charge in [-0.1, -0.05) is 0 Å². The van der Waals surface area contributed by atoms with Crippen molar-refractivity contribution in [1.82, 2.24) is 9.97 Å². The van der Waals surface area contributed by atoms with Crippen LogP contribution in [0, 0.1) is 6.92 Å². The number of nitrogens with one attached hydrogen (secondary N) is 1. The molecule has 1 aromatic carbocycles. The molecule has 0 spiro atoms. The molecule has 106 valence electrons. The second-order valence-corrected chi connectivity index (χ2v) is 4.37. The number of benzene rings is 1. The zero-order valence-corrected chi connectivity index (χ0v) is 12.2. The Kier molecular flexibility index (Phi) is 4.14. The number of ether oxygens (including phenoxy) is 2. The minimum absolute atomic E-state index is 0.131. The molecule has 0 fully saturated rings. The quantitative estimate of drug-likeness (QED) is 0.844. The number of nitrogens with zero attached hydrogens (tertiary/aromatic N) is 2. The summed E-state index contributed by atoms with van der Waals surface area (Å²) in [6.07, 6.45) is 0. The molecule has 2 aromatic rings. The predicted molar refractivity (Wildman–Crippen MR) is 79.0 cm³/mol. The van der Waals surface area contributed by atoms with Crippen LogP contribution in [0.25, 0.3) is 0 Å². The highest BCUT2D eigenvalue weighted by molar-refractivity contribution is 6.28. The van der Waals surface area contributed by atoms with E-state index in [1.807, 2.05) is 6.07 Å². The smallest absolute Gasteiger partial charge is 0.224 e. The van der Waals surface area contributed by atoms with Gasteiger partial charge in [0.15, 0.2) is 5.82 Å². The first-order valence-electron chi connectivity index (χ1n) is 5.83. The molecular weight excluding hydrogens is 280 g/mol. The zero-order chi connectivity index (χ0) is 14.7. The standard InChI is InChI=1S/C13H15ClN4O2/c1-7-11(15)12(18-13(14)16-7)17-9-5-4-8(19-2)6-10(9)20-3/h4-6H,15H2,1-3H3,(H,16,17,18). The van der Waals surface area contributed by atoms with Crippen molar-refractivity contribution < 1.29 is 9.47 Å².